The lowest BCUT2D eigenvalue weighted by Gasteiger charge is -2.12. The minimum absolute atomic E-state index is 0.125. The number of alkyl halides is 3. The van der Waals surface area contributed by atoms with E-state index in [1.165, 1.54) is 30.3 Å². The molecule has 1 heterocycles. The predicted octanol–water partition coefficient (Wildman–Crippen LogP) is 2.60. The molecule has 0 aliphatic heterocycles. The molecule has 0 bridgehead atoms. The highest BCUT2D eigenvalue weighted by atomic mass is 19.4. The molecule has 0 saturated heterocycles. The third kappa shape index (κ3) is 4.09. The molecule has 0 aliphatic rings. The maximum Gasteiger partial charge on any atom is 0.416 e. The molecule has 9 heteroatoms. The Kier molecular flexibility index (Phi) is 5.15. The number of aliphatic hydroxyl groups excluding tert-OH is 2. The molecule has 27 heavy (non-hydrogen) atoms. The van der Waals surface area contributed by atoms with Crippen molar-refractivity contribution in [2.75, 3.05) is 13.2 Å². The molecule has 142 valence electrons. The Morgan fingerprint density at radius 2 is 1.78 bits per heavy atom. The van der Waals surface area contributed by atoms with Gasteiger partial charge in [0.15, 0.2) is 5.58 Å². The topological polar surface area (TPSA) is 95.6 Å². The summed E-state index contributed by atoms with van der Waals surface area (Å²) in [6.45, 7) is -0.820. The number of carbonyl (C=O) groups excluding carboxylic acids is 1. The van der Waals surface area contributed by atoms with Crippen molar-refractivity contribution in [3.05, 3.63) is 53.6 Å². The van der Waals surface area contributed by atoms with Crippen LogP contribution in [0.15, 0.2) is 46.9 Å². The first kappa shape index (κ1) is 18.9. The summed E-state index contributed by atoms with van der Waals surface area (Å²) in [6, 6.07) is 8.05. The van der Waals surface area contributed by atoms with Crippen molar-refractivity contribution in [3.63, 3.8) is 0 Å². The van der Waals surface area contributed by atoms with E-state index in [9.17, 15) is 18.0 Å². The number of benzene rings is 2. The van der Waals surface area contributed by atoms with Crippen molar-refractivity contribution < 1.29 is 32.6 Å². The number of nitrogens with one attached hydrogen (secondary N) is 1. The Morgan fingerprint density at radius 3 is 2.37 bits per heavy atom. The molecule has 3 rings (SSSR count). The lowest BCUT2D eigenvalue weighted by molar-refractivity contribution is -0.137. The maximum atomic E-state index is 12.6. The quantitative estimate of drug-likeness (QED) is 0.632. The largest absolute Gasteiger partial charge is 0.436 e. The zero-order chi connectivity index (χ0) is 19.6. The summed E-state index contributed by atoms with van der Waals surface area (Å²) in [5, 5.41) is 20.5. The van der Waals surface area contributed by atoms with Crippen LogP contribution in [0.5, 0.6) is 0 Å². The SMILES string of the molecule is O=C(NC(CO)CO)c1ccc2oc(-c3ccc(C(F)(F)F)cc3)nc2c1. The summed E-state index contributed by atoms with van der Waals surface area (Å²) in [7, 11) is 0. The van der Waals surface area contributed by atoms with Gasteiger partial charge in [-0.3, -0.25) is 4.79 Å². The molecular weight excluding hydrogens is 365 g/mol. The second-order valence-corrected chi connectivity index (χ2v) is 5.81. The fraction of sp³-hybridized carbons (Fsp3) is 0.222. The van der Waals surface area contributed by atoms with Crippen LogP contribution in [0.1, 0.15) is 15.9 Å². The second-order valence-electron chi connectivity index (χ2n) is 5.81. The number of nitrogens with zero attached hydrogens (tertiary/aromatic N) is 1. The summed E-state index contributed by atoms with van der Waals surface area (Å²) in [5.41, 5.74) is 0.542. The molecule has 0 spiro atoms. The standard InChI is InChI=1S/C18H15F3N2O4/c19-18(20,21)12-4-1-10(2-5-12)17-23-14-7-11(3-6-15(14)27-17)16(26)22-13(8-24)9-25/h1-7,13,24-25H,8-9H2,(H,22,26). The van der Waals surface area contributed by atoms with Gasteiger partial charge < -0.3 is 19.9 Å². The number of oxazole rings is 1. The van der Waals surface area contributed by atoms with Crippen LogP contribution in [0.2, 0.25) is 0 Å². The van der Waals surface area contributed by atoms with E-state index >= 15 is 0 Å². The fourth-order valence-electron chi connectivity index (χ4n) is 2.41. The molecule has 3 aromatic rings. The smallest absolute Gasteiger partial charge is 0.416 e. The van der Waals surface area contributed by atoms with Gasteiger partial charge in [0.25, 0.3) is 5.91 Å². The number of halogens is 3. The highest BCUT2D eigenvalue weighted by molar-refractivity contribution is 5.97. The predicted molar refractivity (Wildman–Crippen MR) is 89.9 cm³/mol. The van der Waals surface area contributed by atoms with Gasteiger partial charge in [-0.05, 0) is 42.5 Å². The van der Waals surface area contributed by atoms with Gasteiger partial charge >= 0.3 is 6.18 Å². The number of rotatable bonds is 5. The van der Waals surface area contributed by atoms with Crippen molar-refractivity contribution in [1.29, 1.82) is 0 Å². The normalized spacial score (nSPS) is 11.9. The van der Waals surface area contributed by atoms with Gasteiger partial charge in [0.05, 0.1) is 24.8 Å². The molecule has 3 N–H and O–H groups in total. The number of amides is 1. The molecule has 0 radical (unpaired) electrons. The zero-order valence-corrected chi connectivity index (χ0v) is 13.8. The van der Waals surface area contributed by atoms with Crippen LogP contribution in [-0.2, 0) is 6.18 Å². The van der Waals surface area contributed by atoms with Crippen LogP contribution in [0.3, 0.4) is 0 Å². The molecule has 0 atom stereocenters. The van der Waals surface area contributed by atoms with Gasteiger partial charge in [-0.25, -0.2) is 4.98 Å². The van der Waals surface area contributed by atoms with E-state index in [1.54, 1.807) is 0 Å². The van der Waals surface area contributed by atoms with Crippen LogP contribution in [0.25, 0.3) is 22.6 Å². The Balaban J connectivity index is 1.86. The highest BCUT2D eigenvalue weighted by Crippen LogP contribution is 2.31. The monoisotopic (exact) mass is 380 g/mol. The molecule has 0 unspecified atom stereocenters. The number of hydrogen-bond donors (Lipinski definition) is 3. The van der Waals surface area contributed by atoms with Gasteiger partial charge in [0, 0.05) is 11.1 Å². The van der Waals surface area contributed by atoms with Crippen LogP contribution in [0.4, 0.5) is 13.2 Å². The van der Waals surface area contributed by atoms with Crippen molar-refractivity contribution in [2.45, 2.75) is 12.2 Å². The van der Waals surface area contributed by atoms with E-state index in [4.69, 9.17) is 14.6 Å². The van der Waals surface area contributed by atoms with E-state index in [-0.39, 0.29) is 11.5 Å². The number of aromatic nitrogens is 1. The lowest BCUT2D eigenvalue weighted by Crippen LogP contribution is -2.40. The Labute approximate surface area is 151 Å². The zero-order valence-electron chi connectivity index (χ0n) is 13.8. The minimum atomic E-state index is -4.43. The van der Waals surface area contributed by atoms with Crippen LogP contribution in [-0.4, -0.2) is 40.4 Å². The number of hydrogen-bond acceptors (Lipinski definition) is 5. The van der Waals surface area contributed by atoms with Crippen molar-refractivity contribution >= 4 is 17.0 Å². The first-order valence-corrected chi connectivity index (χ1v) is 7.92. The molecule has 1 amide bonds. The van der Waals surface area contributed by atoms with Gasteiger partial charge in [-0.1, -0.05) is 0 Å². The Hall–Kier alpha value is -2.91. The van der Waals surface area contributed by atoms with Gasteiger partial charge in [-0.15, -0.1) is 0 Å². The van der Waals surface area contributed by atoms with Crippen molar-refractivity contribution in [2.24, 2.45) is 0 Å². The summed E-state index contributed by atoms with van der Waals surface area (Å²) < 4.78 is 43.5. The maximum absolute atomic E-state index is 12.6. The van der Waals surface area contributed by atoms with Crippen molar-refractivity contribution in [3.8, 4) is 11.5 Å². The average molecular weight is 380 g/mol. The summed E-state index contributed by atoms with van der Waals surface area (Å²) >= 11 is 0. The number of aliphatic hydroxyl groups is 2. The van der Waals surface area contributed by atoms with E-state index in [0.717, 1.165) is 12.1 Å². The molecule has 0 aliphatic carbocycles. The van der Waals surface area contributed by atoms with Crippen LogP contribution in [0, 0.1) is 0 Å². The van der Waals surface area contributed by atoms with E-state index in [0.29, 0.717) is 16.7 Å². The fourth-order valence-corrected chi connectivity index (χ4v) is 2.41. The molecule has 0 fully saturated rings. The first-order chi connectivity index (χ1) is 12.8. The van der Waals surface area contributed by atoms with E-state index in [1.807, 2.05) is 0 Å². The molecule has 1 aromatic heterocycles. The summed E-state index contributed by atoms with van der Waals surface area (Å²) in [5.74, 6) is -0.385. The summed E-state index contributed by atoms with van der Waals surface area (Å²) in [4.78, 5) is 16.3. The number of carbonyl (C=O) groups is 1. The van der Waals surface area contributed by atoms with Gasteiger partial charge in [0.1, 0.15) is 5.52 Å². The highest BCUT2D eigenvalue weighted by Gasteiger charge is 2.30. The van der Waals surface area contributed by atoms with Gasteiger partial charge in [-0.2, -0.15) is 13.2 Å². The first-order valence-electron chi connectivity index (χ1n) is 7.92. The Morgan fingerprint density at radius 1 is 1.11 bits per heavy atom. The second kappa shape index (κ2) is 7.37. The summed E-state index contributed by atoms with van der Waals surface area (Å²) in [6.07, 6.45) is -4.43. The third-order valence-corrected chi connectivity index (χ3v) is 3.88. The molecule has 2 aromatic carbocycles. The molecular formula is C18H15F3N2O4. The van der Waals surface area contributed by atoms with E-state index in [2.05, 4.69) is 10.3 Å². The number of fused-ring (bicyclic) bond motifs is 1. The Bertz CT molecular complexity index is 947. The average Bonchev–Trinajstić information content (AvgIpc) is 3.08. The van der Waals surface area contributed by atoms with Crippen molar-refractivity contribution in [1.82, 2.24) is 10.3 Å². The molecule has 6 nitrogen and oxygen atoms in total. The van der Waals surface area contributed by atoms with Crippen LogP contribution >= 0.6 is 0 Å². The van der Waals surface area contributed by atoms with Gasteiger partial charge in [0.2, 0.25) is 5.89 Å². The molecule has 0 saturated carbocycles. The third-order valence-electron chi connectivity index (χ3n) is 3.88. The lowest BCUT2D eigenvalue weighted by atomic mass is 10.1. The van der Waals surface area contributed by atoms with Crippen LogP contribution < -0.4 is 5.32 Å². The minimum Gasteiger partial charge on any atom is -0.436 e. The van der Waals surface area contributed by atoms with E-state index < -0.39 is 36.9 Å².